The van der Waals surface area contributed by atoms with Gasteiger partial charge >= 0.3 is 0 Å². The fourth-order valence-electron chi connectivity index (χ4n) is 2.81. The number of aryl methyl sites for hydroxylation is 1. The van der Waals surface area contributed by atoms with Gasteiger partial charge in [-0.2, -0.15) is 10.2 Å². The van der Waals surface area contributed by atoms with Gasteiger partial charge in [-0.1, -0.05) is 43.5 Å². The summed E-state index contributed by atoms with van der Waals surface area (Å²) in [5.74, 6) is 0. The first-order chi connectivity index (χ1) is 11.7. The van der Waals surface area contributed by atoms with E-state index in [2.05, 4.69) is 23.0 Å². The number of nitrogens with zero attached hydrogens (tertiary/aromatic N) is 4. The third-order valence-corrected chi connectivity index (χ3v) is 4.26. The fourth-order valence-corrected chi connectivity index (χ4v) is 3.06. The number of rotatable bonds is 5. The predicted molar refractivity (Wildman–Crippen MR) is 93.9 cm³/mol. The highest BCUT2D eigenvalue weighted by Gasteiger charge is 2.18. The molecular weight excluding hydrogens is 324 g/mol. The van der Waals surface area contributed by atoms with Gasteiger partial charge in [-0.3, -0.25) is 4.57 Å². The van der Waals surface area contributed by atoms with Crippen LogP contribution in [0.4, 0.5) is 0 Å². The first kappa shape index (κ1) is 16.3. The Morgan fingerprint density at radius 2 is 2.17 bits per heavy atom. The van der Waals surface area contributed by atoms with Gasteiger partial charge in [-0.15, -0.1) is 0 Å². The van der Waals surface area contributed by atoms with E-state index >= 15 is 0 Å². The fraction of sp³-hybridized carbons (Fsp3) is 0.278. The molecule has 24 heavy (non-hydrogen) atoms. The van der Waals surface area contributed by atoms with Crippen molar-refractivity contribution < 1.29 is 5.11 Å². The van der Waals surface area contributed by atoms with Gasteiger partial charge in [0.15, 0.2) is 5.65 Å². The van der Waals surface area contributed by atoms with Crippen molar-refractivity contribution in [2.24, 2.45) is 0 Å². The smallest absolute Gasteiger partial charge is 0.296 e. The van der Waals surface area contributed by atoms with E-state index in [0.717, 1.165) is 30.4 Å². The monoisotopic (exact) mass is 340 g/mol. The van der Waals surface area contributed by atoms with E-state index in [4.69, 9.17) is 16.9 Å². The molecule has 3 rings (SSSR count). The molecule has 122 valence electrons. The number of aromatic hydroxyl groups is 1. The number of fused-ring (bicyclic) bond motifs is 1. The highest BCUT2D eigenvalue weighted by atomic mass is 35.5. The summed E-state index contributed by atoms with van der Waals surface area (Å²) in [5.41, 5.74) is 3.25. The molecule has 0 aliphatic rings. The van der Waals surface area contributed by atoms with Crippen LogP contribution in [0, 0.1) is 11.3 Å². The van der Waals surface area contributed by atoms with Crippen molar-refractivity contribution in [3.05, 3.63) is 41.0 Å². The second-order valence-corrected chi connectivity index (χ2v) is 6.02. The average molecular weight is 341 g/mol. The highest BCUT2D eigenvalue weighted by Crippen LogP contribution is 2.36. The largest absolute Gasteiger partial charge is 0.480 e. The molecule has 0 amide bonds. The summed E-state index contributed by atoms with van der Waals surface area (Å²) in [4.78, 5) is 8.38. The first-order valence-corrected chi connectivity index (χ1v) is 8.27. The van der Waals surface area contributed by atoms with E-state index in [9.17, 15) is 5.11 Å². The molecule has 2 aromatic heterocycles. The van der Waals surface area contributed by atoms with Crippen molar-refractivity contribution in [1.29, 1.82) is 5.26 Å². The lowest BCUT2D eigenvalue weighted by atomic mass is 10.0. The summed E-state index contributed by atoms with van der Waals surface area (Å²) >= 11 is 6.41. The lowest BCUT2D eigenvalue weighted by molar-refractivity contribution is 0.397. The predicted octanol–water partition coefficient (Wildman–Crippen LogP) is 4.52. The van der Waals surface area contributed by atoms with Crippen LogP contribution in [0.1, 0.15) is 31.7 Å². The second kappa shape index (κ2) is 6.90. The van der Waals surface area contributed by atoms with Gasteiger partial charge in [-0.25, -0.2) is 4.98 Å². The minimum absolute atomic E-state index is 0.0615. The highest BCUT2D eigenvalue weighted by molar-refractivity contribution is 6.34. The van der Waals surface area contributed by atoms with Gasteiger partial charge < -0.3 is 5.11 Å². The quantitative estimate of drug-likeness (QED) is 0.693. The van der Waals surface area contributed by atoms with Crippen LogP contribution in [-0.4, -0.2) is 19.6 Å². The molecule has 0 atom stereocenters. The Kier molecular flexibility index (Phi) is 4.68. The van der Waals surface area contributed by atoms with E-state index in [1.807, 2.05) is 12.1 Å². The van der Waals surface area contributed by atoms with Crippen LogP contribution in [0.5, 0.6) is 6.01 Å². The summed E-state index contributed by atoms with van der Waals surface area (Å²) < 4.78 is 1.75. The lowest BCUT2D eigenvalue weighted by Gasteiger charge is -2.11. The molecular formula is C18H17ClN4O. The van der Waals surface area contributed by atoms with Gasteiger partial charge in [0.05, 0.1) is 22.2 Å². The maximum atomic E-state index is 10.2. The lowest BCUT2D eigenvalue weighted by Crippen LogP contribution is -1.99. The summed E-state index contributed by atoms with van der Waals surface area (Å²) in [6, 6.07) is 9.30. The van der Waals surface area contributed by atoms with E-state index in [0.29, 0.717) is 28.3 Å². The molecule has 1 N–H and O–H groups in total. The number of aromatic nitrogens is 3. The van der Waals surface area contributed by atoms with Crippen LogP contribution in [0.3, 0.4) is 0 Å². The van der Waals surface area contributed by atoms with Crippen molar-refractivity contribution in [1.82, 2.24) is 14.5 Å². The van der Waals surface area contributed by atoms with Crippen LogP contribution in [0.25, 0.3) is 22.3 Å². The molecule has 0 aliphatic heterocycles. The maximum Gasteiger partial charge on any atom is 0.296 e. The number of benzene rings is 1. The van der Waals surface area contributed by atoms with Gasteiger partial charge in [-0.05, 0) is 24.1 Å². The Hall–Kier alpha value is -2.58. The first-order valence-electron chi connectivity index (χ1n) is 7.90. The second-order valence-electron chi connectivity index (χ2n) is 5.62. The Morgan fingerprint density at radius 3 is 2.92 bits per heavy atom. The number of halogens is 1. The third-order valence-electron chi connectivity index (χ3n) is 3.97. The molecule has 1 aromatic carbocycles. The minimum atomic E-state index is -0.0615. The number of imidazole rings is 1. The Balaban J connectivity index is 2.22. The Morgan fingerprint density at radius 1 is 1.33 bits per heavy atom. The summed E-state index contributed by atoms with van der Waals surface area (Å²) in [6.45, 7) is 2.77. The van der Waals surface area contributed by atoms with Gasteiger partial charge in [0.25, 0.3) is 6.01 Å². The molecule has 3 aromatic rings. The number of hydrogen-bond acceptors (Lipinski definition) is 4. The normalized spacial score (nSPS) is 10.9. The standard InChI is InChI=1S/C18H17ClN4O/c1-2-3-4-8-23-16-15(13-7-5-6-12(9-13)10-20)14(19)11-21-17(16)22-18(23)24/h5-7,9,11H,2-4,8H2,1H3,(H,21,22,24). The number of unbranched alkanes of at least 4 members (excludes halogenated alkanes) is 2. The van der Waals surface area contributed by atoms with Gasteiger partial charge in [0, 0.05) is 18.3 Å². The van der Waals surface area contributed by atoms with E-state index in [1.54, 1.807) is 16.7 Å². The molecule has 0 unspecified atom stereocenters. The summed E-state index contributed by atoms with van der Waals surface area (Å²) in [6.07, 6.45) is 4.61. The van der Waals surface area contributed by atoms with Crippen molar-refractivity contribution in [3.8, 4) is 23.2 Å². The Labute approximate surface area is 145 Å². The van der Waals surface area contributed by atoms with Gasteiger partial charge in [0.2, 0.25) is 0 Å². The van der Waals surface area contributed by atoms with Crippen molar-refractivity contribution >= 4 is 22.8 Å². The molecule has 0 saturated carbocycles. The van der Waals surface area contributed by atoms with Crippen molar-refractivity contribution in [2.75, 3.05) is 0 Å². The zero-order chi connectivity index (χ0) is 17.1. The van der Waals surface area contributed by atoms with Gasteiger partial charge in [0.1, 0.15) is 0 Å². The van der Waals surface area contributed by atoms with Crippen LogP contribution in [0.15, 0.2) is 30.5 Å². The van der Waals surface area contributed by atoms with Crippen molar-refractivity contribution in [3.63, 3.8) is 0 Å². The van der Waals surface area contributed by atoms with Crippen LogP contribution in [0.2, 0.25) is 5.02 Å². The molecule has 0 saturated heterocycles. The molecule has 0 radical (unpaired) electrons. The van der Waals surface area contributed by atoms with Crippen LogP contribution < -0.4 is 0 Å². The average Bonchev–Trinajstić information content (AvgIpc) is 2.91. The van der Waals surface area contributed by atoms with E-state index in [-0.39, 0.29) is 6.01 Å². The summed E-state index contributed by atoms with van der Waals surface area (Å²) in [5, 5.41) is 19.8. The molecule has 2 heterocycles. The van der Waals surface area contributed by atoms with Crippen LogP contribution in [-0.2, 0) is 6.54 Å². The molecule has 0 bridgehead atoms. The molecule has 0 fully saturated rings. The number of hydrogen-bond donors (Lipinski definition) is 1. The van der Waals surface area contributed by atoms with Crippen molar-refractivity contribution in [2.45, 2.75) is 32.7 Å². The maximum absolute atomic E-state index is 10.2. The van der Waals surface area contributed by atoms with E-state index in [1.165, 1.54) is 6.20 Å². The topological polar surface area (TPSA) is 74.7 Å². The summed E-state index contributed by atoms with van der Waals surface area (Å²) in [7, 11) is 0. The number of pyridine rings is 1. The van der Waals surface area contributed by atoms with Crippen LogP contribution >= 0.6 is 11.6 Å². The number of nitriles is 1. The molecule has 5 nitrogen and oxygen atoms in total. The van der Waals surface area contributed by atoms with E-state index < -0.39 is 0 Å². The zero-order valence-corrected chi connectivity index (χ0v) is 14.1. The Bertz CT molecular complexity index is 927. The SMILES string of the molecule is CCCCCn1c(O)nc2ncc(Cl)c(-c3cccc(C#N)c3)c21. The zero-order valence-electron chi connectivity index (χ0n) is 13.3. The molecule has 6 heteroatoms. The molecule has 0 aliphatic carbocycles. The minimum Gasteiger partial charge on any atom is -0.480 e. The molecule has 0 spiro atoms. The third kappa shape index (κ3) is 2.93.